The third-order valence-corrected chi connectivity index (χ3v) is 1.41. The topological polar surface area (TPSA) is 40.7 Å². The minimum Gasteiger partial charge on any atom is -0.382 e. The highest BCUT2D eigenvalue weighted by molar-refractivity contribution is 5.49. The van der Waals surface area contributed by atoms with Gasteiger partial charge < -0.3 is 5.32 Å². The molecule has 8 heavy (non-hydrogen) atoms. The van der Waals surface area contributed by atoms with Gasteiger partial charge in [-0.25, -0.2) is 0 Å². The van der Waals surface area contributed by atoms with Gasteiger partial charge in [0.05, 0.1) is 17.6 Å². The fraction of sp³-hybridized carbons (Fsp3) is 0.400. The lowest BCUT2D eigenvalue weighted by molar-refractivity contribution is 0.963. The van der Waals surface area contributed by atoms with Crippen LogP contribution in [0.25, 0.3) is 0 Å². The summed E-state index contributed by atoms with van der Waals surface area (Å²) in [5.41, 5.74) is 2.41. The van der Waals surface area contributed by atoms with E-state index in [1.165, 1.54) is 11.4 Å². The van der Waals surface area contributed by atoms with Gasteiger partial charge in [0.15, 0.2) is 0 Å². The first-order valence-corrected chi connectivity index (χ1v) is 2.73. The molecular weight excluding hydrogens is 102 g/mol. The van der Waals surface area contributed by atoms with Crippen molar-refractivity contribution in [2.24, 2.45) is 0 Å². The molecule has 3 heteroatoms. The largest absolute Gasteiger partial charge is 0.382 e. The maximum atomic E-state index is 3.86. The third kappa shape index (κ3) is 0.358. The van der Waals surface area contributed by atoms with Crippen molar-refractivity contribution in [3.8, 4) is 0 Å². The summed E-state index contributed by atoms with van der Waals surface area (Å²) in [7, 11) is 0. The standard InChI is InChI=1S/C5H7N3/c1-2-6-5-3-7-8-4(1)5/h3,6H,1-2H2,(H,7,8). The first-order chi connectivity index (χ1) is 3.97. The smallest absolute Gasteiger partial charge is 0.0757 e. The highest BCUT2D eigenvalue weighted by Crippen LogP contribution is 2.16. The molecule has 0 spiro atoms. The summed E-state index contributed by atoms with van der Waals surface area (Å²) in [4.78, 5) is 0. The van der Waals surface area contributed by atoms with E-state index < -0.39 is 0 Å². The fourth-order valence-corrected chi connectivity index (χ4v) is 0.978. The number of aromatic amines is 1. The summed E-state index contributed by atoms with van der Waals surface area (Å²) in [5, 5.41) is 9.95. The van der Waals surface area contributed by atoms with Gasteiger partial charge in [-0.15, -0.1) is 0 Å². The molecule has 2 N–H and O–H groups in total. The van der Waals surface area contributed by atoms with Gasteiger partial charge in [-0.2, -0.15) is 5.10 Å². The van der Waals surface area contributed by atoms with Gasteiger partial charge in [-0.05, 0) is 0 Å². The van der Waals surface area contributed by atoms with E-state index in [9.17, 15) is 0 Å². The molecule has 0 saturated heterocycles. The first kappa shape index (κ1) is 3.95. The number of nitrogens with zero attached hydrogens (tertiary/aromatic N) is 1. The van der Waals surface area contributed by atoms with Crippen LogP contribution >= 0.6 is 0 Å². The van der Waals surface area contributed by atoms with Gasteiger partial charge >= 0.3 is 0 Å². The Balaban J connectivity index is 2.54. The van der Waals surface area contributed by atoms with Crippen LogP contribution < -0.4 is 5.32 Å². The number of hydrogen-bond donors (Lipinski definition) is 2. The molecule has 0 fully saturated rings. The highest BCUT2D eigenvalue weighted by Gasteiger charge is 2.09. The molecule has 0 amide bonds. The minimum atomic E-state index is 1.06. The summed E-state index contributed by atoms with van der Waals surface area (Å²) in [6, 6.07) is 0. The number of hydrogen-bond acceptors (Lipinski definition) is 2. The van der Waals surface area contributed by atoms with Crippen LogP contribution in [0.4, 0.5) is 5.69 Å². The Morgan fingerprint density at radius 2 is 2.62 bits per heavy atom. The predicted molar refractivity (Wildman–Crippen MR) is 30.8 cm³/mol. The van der Waals surface area contributed by atoms with E-state index in [1.807, 2.05) is 6.20 Å². The van der Waals surface area contributed by atoms with E-state index in [0.717, 1.165) is 13.0 Å². The Morgan fingerprint density at radius 3 is 3.50 bits per heavy atom. The molecule has 42 valence electrons. The summed E-state index contributed by atoms with van der Waals surface area (Å²) in [5.74, 6) is 0. The molecule has 0 radical (unpaired) electrons. The molecule has 0 unspecified atom stereocenters. The van der Waals surface area contributed by atoms with E-state index >= 15 is 0 Å². The van der Waals surface area contributed by atoms with Crippen LogP contribution in [0.3, 0.4) is 0 Å². The summed E-state index contributed by atoms with van der Waals surface area (Å²) >= 11 is 0. The van der Waals surface area contributed by atoms with Crippen LogP contribution in [0.5, 0.6) is 0 Å². The predicted octanol–water partition coefficient (Wildman–Crippen LogP) is 0.378. The Bertz CT molecular complexity index is 173. The van der Waals surface area contributed by atoms with Crippen LogP contribution in [0.1, 0.15) is 5.69 Å². The van der Waals surface area contributed by atoms with E-state index in [-0.39, 0.29) is 0 Å². The van der Waals surface area contributed by atoms with E-state index in [0.29, 0.717) is 0 Å². The van der Waals surface area contributed by atoms with Crippen molar-refractivity contribution >= 4 is 5.69 Å². The molecule has 1 aliphatic rings. The fourth-order valence-electron chi connectivity index (χ4n) is 0.978. The molecule has 0 atom stereocenters. The average molecular weight is 109 g/mol. The molecule has 1 aromatic heterocycles. The van der Waals surface area contributed by atoms with Crippen molar-refractivity contribution in [1.82, 2.24) is 10.2 Å². The molecule has 2 heterocycles. The average Bonchev–Trinajstić information content (AvgIpc) is 2.15. The molecule has 2 rings (SSSR count). The van der Waals surface area contributed by atoms with Gasteiger partial charge in [0.1, 0.15) is 0 Å². The normalized spacial score (nSPS) is 15.5. The number of anilines is 1. The van der Waals surface area contributed by atoms with Crippen LogP contribution in [0.15, 0.2) is 6.20 Å². The van der Waals surface area contributed by atoms with Crippen molar-refractivity contribution in [2.75, 3.05) is 11.9 Å². The minimum absolute atomic E-state index is 1.06. The van der Waals surface area contributed by atoms with Gasteiger partial charge in [0.25, 0.3) is 0 Å². The Labute approximate surface area is 47.1 Å². The van der Waals surface area contributed by atoms with Gasteiger partial charge in [-0.3, -0.25) is 5.10 Å². The van der Waals surface area contributed by atoms with E-state index in [2.05, 4.69) is 15.5 Å². The maximum absolute atomic E-state index is 3.86. The van der Waals surface area contributed by atoms with Crippen LogP contribution in [-0.4, -0.2) is 16.7 Å². The molecule has 0 bridgehead atoms. The zero-order chi connectivity index (χ0) is 5.40. The molecule has 0 aliphatic carbocycles. The van der Waals surface area contributed by atoms with Crippen molar-refractivity contribution in [3.63, 3.8) is 0 Å². The molecule has 0 saturated carbocycles. The lowest BCUT2D eigenvalue weighted by Gasteiger charge is -1.84. The van der Waals surface area contributed by atoms with Gasteiger partial charge in [0.2, 0.25) is 0 Å². The van der Waals surface area contributed by atoms with Crippen molar-refractivity contribution in [1.29, 1.82) is 0 Å². The van der Waals surface area contributed by atoms with Crippen LogP contribution in [-0.2, 0) is 6.42 Å². The second-order valence-corrected chi connectivity index (χ2v) is 1.94. The highest BCUT2D eigenvalue weighted by atomic mass is 15.1. The number of fused-ring (bicyclic) bond motifs is 1. The van der Waals surface area contributed by atoms with Gasteiger partial charge in [0, 0.05) is 13.0 Å². The summed E-state index contributed by atoms with van der Waals surface area (Å²) < 4.78 is 0. The SMILES string of the molecule is c1n[nH]c2c1NCC2. The summed E-state index contributed by atoms with van der Waals surface area (Å²) in [6.45, 7) is 1.06. The van der Waals surface area contributed by atoms with Crippen molar-refractivity contribution in [2.45, 2.75) is 6.42 Å². The monoisotopic (exact) mass is 109 g/mol. The second kappa shape index (κ2) is 1.24. The summed E-state index contributed by atoms with van der Waals surface area (Å²) in [6.07, 6.45) is 2.91. The zero-order valence-corrected chi connectivity index (χ0v) is 4.44. The van der Waals surface area contributed by atoms with E-state index in [1.54, 1.807) is 0 Å². The Morgan fingerprint density at radius 1 is 1.62 bits per heavy atom. The lowest BCUT2D eigenvalue weighted by Crippen LogP contribution is -1.92. The van der Waals surface area contributed by atoms with Gasteiger partial charge in [-0.1, -0.05) is 0 Å². The Hall–Kier alpha value is -0.990. The second-order valence-electron chi connectivity index (χ2n) is 1.94. The van der Waals surface area contributed by atoms with Crippen molar-refractivity contribution < 1.29 is 0 Å². The van der Waals surface area contributed by atoms with Crippen molar-refractivity contribution in [3.05, 3.63) is 11.9 Å². The number of H-pyrrole nitrogens is 1. The molecule has 1 aromatic rings. The third-order valence-electron chi connectivity index (χ3n) is 1.41. The lowest BCUT2D eigenvalue weighted by atomic mass is 10.4. The molecule has 0 aromatic carbocycles. The molecular formula is C5H7N3. The molecule has 3 nitrogen and oxygen atoms in total. The molecule has 1 aliphatic heterocycles. The number of rotatable bonds is 0. The van der Waals surface area contributed by atoms with E-state index in [4.69, 9.17) is 0 Å². The zero-order valence-electron chi connectivity index (χ0n) is 4.44. The van der Waals surface area contributed by atoms with Crippen LogP contribution in [0.2, 0.25) is 0 Å². The number of nitrogens with one attached hydrogen (secondary N) is 2. The first-order valence-electron chi connectivity index (χ1n) is 2.73. The Kier molecular flexibility index (Phi) is 0.614. The maximum Gasteiger partial charge on any atom is 0.0757 e. The quantitative estimate of drug-likeness (QED) is 0.505. The number of aromatic nitrogens is 2. The van der Waals surface area contributed by atoms with Crippen LogP contribution in [0, 0.1) is 0 Å².